The maximum absolute atomic E-state index is 6.30. The number of hydrogen-bond donors (Lipinski definition) is 2. The lowest BCUT2D eigenvalue weighted by atomic mass is 10.2. The van der Waals surface area contributed by atoms with Gasteiger partial charge in [-0.25, -0.2) is 0 Å². The lowest BCUT2D eigenvalue weighted by Crippen LogP contribution is -1.94. The van der Waals surface area contributed by atoms with Gasteiger partial charge in [-0.2, -0.15) is 0 Å². The number of para-hydroxylation sites is 8. The van der Waals surface area contributed by atoms with Gasteiger partial charge in [0.05, 0.1) is 0 Å². The van der Waals surface area contributed by atoms with Gasteiger partial charge in [0, 0.05) is 23.5 Å². The largest absolute Gasteiger partial charge is 0.457 e. The van der Waals surface area contributed by atoms with Crippen molar-refractivity contribution in [3.63, 3.8) is 0 Å². The molecule has 9 aromatic carbocycles. The molecule has 9 rings (SSSR count). The first-order valence-electron chi connectivity index (χ1n) is 20.3. The fourth-order valence-electron chi connectivity index (χ4n) is 6.38. The molecule has 0 aliphatic rings. The molecule has 64 heavy (non-hydrogen) atoms. The Morgan fingerprint density at radius 2 is 0.406 bits per heavy atom. The number of nitrogen functional groups attached to an aromatic ring is 2. The van der Waals surface area contributed by atoms with E-state index in [1.165, 1.54) is 0 Å². The van der Waals surface area contributed by atoms with Crippen LogP contribution in [0.2, 0.25) is 0 Å². The van der Waals surface area contributed by atoms with Gasteiger partial charge in [-0.15, -0.1) is 0 Å². The molecule has 0 bridgehead atoms. The number of benzene rings is 9. The van der Waals surface area contributed by atoms with Crippen molar-refractivity contribution in [3.05, 3.63) is 218 Å². The van der Waals surface area contributed by atoms with E-state index < -0.39 is 0 Å². The van der Waals surface area contributed by atoms with E-state index in [1.807, 2.05) is 194 Å². The minimum atomic E-state index is 0.519. The van der Waals surface area contributed by atoms with Crippen LogP contribution in [0, 0.1) is 0 Å². The van der Waals surface area contributed by atoms with Crippen LogP contribution in [0.4, 0.5) is 11.4 Å². The van der Waals surface area contributed by atoms with Crippen molar-refractivity contribution < 1.29 is 37.9 Å². The zero-order chi connectivity index (χ0) is 43.5. The van der Waals surface area contributed by atoms with Gasteiger partial charge in [0.2, 0.25) is 0 Å². The van der Waals surface area contributed by atoms with Gasteiger partial charge in [0.15, 0.2) is 46.0 Å². The van der Waals surface area contributed by atoms with E-state index in [-0.39, 0.29) is 0 Å². The van der Waals surface area contributed by atoms with E-state index in [0.29, 0.717) is 103 Å². The Kier molecular flexibility index (Phi) is 12.1. The molecule has 10 heteroatoms. The van der Waals surface area contributed by atoms with Crippen molar-refractivity contribution in [2.45, 2.75) is 0 Å². The Bertz CT molecular complexity index is 2770. The normalized spacial score (nSPS) is 10.6. The van der Waals surface area contributed by atoms with E-state index >= 15 is 0 Å². The molecular formula is C54H40N2O8. The number of rotatable bonds is 16. The van der Waals surface area contributed by atoms with Crippen LogP contribution in [0.15, 0.2) is 218 Å². The smallest absolute Gasteiger partial charge is 0.170 e. The summed E-state index contributed by atoms with van der Waals surface area (Å²) in [6.45, 7) is 0. The second-order valence-corrected chi connectivity index (χ2v) is 14.2. The molecule has 0 heterocycles. The minimum absolute atomic E-state index is 0.519. The summed E-state index contributed by atoms with van der Waals surface area (Å²) < 4.78 is 49.5. The predicted molar refractivity (Wildman–Crippen MR) is 247 cm³/mol. The Balaban J connectivity index is 0.786. The quantitative estimate of drug-likeness (QED) is 0.0908. The molecule has 10 nitrogen and oxygen atoms in total. The highest BCUT2D eigenvalue weighted by atomic mass is 16.5. The Labute approximate surface area is 369 Å². The molecule has 314 valence electrons. The molecule has 9 aromatic rings. The van der Waals surface area contributed by atoms with Gasteiger partial charge in [-0.05, 0) is 146 Å². The summed E-state index contributed by atoms with van der Waals surface area (Å²) in [5.74, 6) is 9.19. The number of hydrogen-bond acceptors (Lipinski definition) is 10. The first kappa shape index (κ1) is 40.4. The molecule has 0 spiro atoms. The fourth-order valence-corrected chi connectivity index (χ4v) is 6.38. The lowest BCUT2D eigenvalue weighted by Gasteiger charge is -2.15. The molecule has 0 aliphatic carbocycles. The first-order chi connectivity index (χ1) is 31.5. The summed E-state index contributed by atoms with van der Waals surface area (Å²) in [7, 11) is 0. The predicted octanol–water partition coefficient (Wildman–Crippen LogP) is 15.2. The monoisotopic (exact) mass is 844 g/mol. The molecule has 0 aliphatic heterocycles. The van der Waals surface area contributed by atoms with E-state index in [9.17, 15) is 0 Å². The minimum Gasteiger partial charge on any atom is -0.457 e. The van der Waals surface area contributed by atoms with Crippen LogP contribution in [0.5, 0.6) is 92.0 Å². The van der Waals surface area contributed by atoms with E-state index in [2.05, 4.69) is 0 Å². The molecule has 0 unspecified atom stereocenters. The van der Waals surface area contributed by atoms with Gasteiger partial charge in [-0.3, -0.25) is 0 Å². The Morgan fingerprint density at radius 3 is 0.656 bits per heavy atom. The lowest BCUT2D eigenvalue weighted by molar-refractivity contribution is 0.393. The maximum atomic E-state index is 6.30. The second-order valence-electron chi connectivity index (χ2n) is 14.2. The Morgan fingerprint density at radius 1 is 0.188 bits per heavy atom. The van der Waals surface area contributed by atoms with Crippen molar-refractivity contribution in [1.29, 1.82) is 0 Å². The van der Waals surface area contributed by atoms with Crippen molar-refractivity contribution in [3.8, 4) is 92.0 Å². The van der Waals surface area contributed by atoms with Crippen LogP contribution in [-0.4, -0.2) is 0 Å². The van der Waals surface area contributed by atoms with Crippen LogP contribution < -0.4 is 49.4 Å². The van der Waals surface area contributed by atoms with Crippen molar-refractivity contribution in [2.75, 3.05) is 11.5 Å². The third kappa shape index (κ3) is 10.5. The standard InChI is InChI=1S/C54H40N2O8/c55-37-11-9-13-45(35-37)61-49-17-3-7-21-53(49)63-51-19-5-1-15-47(51)59-43-31-27-41(28-32-43)57-39-23-25-40(26-24-39)58-42-29-33-44(34-30-42)60-48-16-2-6-20-52(48)64-54-22-8-4-18-50(54)62-46-14-10-12-38(56)36-46/h1-36H,55-56H2. The van der Waals surface area contributed by atoms with Crippen molar-refractivity contribution >= 4 is 11.4 Å². The molecule has 0 saturated heterocycles. The summed E-state index contributed by atoms with van der Waals surface area (Å²) in [5, 5.41) is 0. The molecular weight excluding hydrogens is 805 g/mol. The highest BCUT2D eigenvalue weighted by Gasteiger charge is 2.14. The van der Waals surface area contributed by atoms with Gasteiger partial charge in [0.1, 0.15) is 46.0 Å². The maximum Gasteiger partial charge on any atom is 0.170 e. The average molecular weight is 845 g/mol. The topological polar surface area (TPSA) is 126 Å². The second kappa shape index (κ2) is 19.1. The van der Waals surface area contributed by atoms with Gasteiger partial charge in [-0.1, -0.05) is 60.7 Å². The summed E-state index contributed by atoms with van der Waals surface area (Å²) in [6.07, 6.45) is 0. The van der Waals surface area contributed by atoms with Crippen molar-refractivity contribution in [1.82, 2.24) is 0 Å². The number of anilines is 2. The van der Waals surface area contributed by atoms with Gasteiger partial charge >= 0.3 is 0 Å². The van der Waals surface area contributed by atoms with Crippen LogP contribution in [0.3, 0.4) is 0 Å². The first-order valence-corrected chi connectivity index (χ1v) is 20.3. The van der Waals surface area contributed by atoms with Crippen LogP contribution in [0.25, 0.3) is 0 Å². The van der Waals surface area contributed by atoms with Crippen LogP contribution >= 0.6 is 0 Å². The van der Waals surface area contributed by atoms with E-state index in [1.54, 1.807) is 24.3 Å². The summed E-state index contributed by atoms with van der Waals surface area (Å²) in [5.41, 5.74) is 13.1. The highest BCUT2D eigenvalue weighted by molar-refractivity contribution is 5.54. The fraction of sp³-hybridized carbons (Fsp3) is 0. The third-order valence-electron chi connectivity index (χ3n) is 9.41. The SMILES string of the molecule is Nc1cccc(Oc2ccccc2Oc2ccccc2Oc2ccc(Oc3ccc(Oc4ccc(Oc5ccccc5Oc5ccccc5Oc5cccc(N)c5)cc4)cc3)cc2)c1. The van der Waals surface area contributed by atoms with Crippen molar-refractivity contribution in [2.24, 2.45) is 0 Å². The highest BCUT2D eigenvalue weighted by Crippen LogP contribution is 2.42. The van der Waals surface area contributed by atoms with Gasteiger partial charge < -0.3 is 49.4 Å². The Hall–Kier alpha value is -9.02. The summed E-state index contributed by atoms with van der Waals surface area (Å²) in [4.78, 5) is 0. The van der Waals surface area contributed by atoms with Crippen LogP contribution in [0.1, 0.15) is 0 Å². The summed E-state index contributed by atoms with van der Waals surface area (Å²) in [6, 6.07) is 66.2. The molecule has 0 radical (unpaired) electrons. The van der Waals surface area contributed by atoms with Gasteiger partial charge in [0.25, 0.3) is 0 Å². The molecule has 4 N–H and O–H groups in total. The van der Waals surface area contributed by atoms with E-state index in [4.69, 9.17) is 49.4 Å². The molecule has 0 amide bonds. The zero-order valence-electron chi connectivity index (χ0n) is 34.2. The molecule has 0 atom stereocenters. The van der Waals surface area contributed by atoms with E-state index in [0.717, 1.165) is 0 Å². The number of ether oxygens (including phenoxy) is 8. The molecule has 0 fully saturated rings. The molecule has 0 aromatic heterocycles. The summed E-state index contributed by atoms with van der Waals surface area (Å²) >= 11 is 0. The zero-order valence-corrected chi connectivity index (χ0v) is 34.2. The van der Waals surface area contributed by atoms with Crippen LogP contribution in [-0.2, 0) is 0 Å². The average Bonchev–Trinajstić information content (AvgIpc) is 3.31. The number of nitrogens with two attached hydrogens (primary N) is 2. The third-order valence-corrected chi connectivity index (χ3v) is 9.41. The molecule has 0 saturated carbocycles.